The van der Waals surface area contributed by atoms with Crippen molar-refractivity contribution in [2.75, 3.05) is 18.5 Å². The van der Waals surface area contributed by atoms with Crippen LogP contribution in [0.2, 0.25) is 0 Å². The molecule has 0 fully saturated rings. The van der Waals surface area contributed by atoms with Crippen LogP contribution in [0.5, 0.6) is 11.5 Å². The number of rotatable bonds is 4. The van der Waals surface area contributed by atoms with Gasteiger partial charge in [0.25, 0.3) is 5.91 Å². The van der Waals surface area contributed by atoms with Gasteiger partial charge >= 0.3 is 0 Å². The van der Waals surface area contributed by atoms with Gasteiger partial charge in [0.2, 0.25) is 0 Å². The van der Waals surface area contributed by atoms with Crippen molar-refractivity contribution in [1.29, 1.82) is 0 Å². The highest BCUT2D eigenvalue weighted by Crippen LogP contribution is 2.33. The van der Waals surface area contributed by atoms with E-state index in [1.165, 1.54) is 0 Å². The predicted octanol–water partition coefficient (Wildman–Crippen LogP) is 4.30. The van der Waals surface area contributed by atoms with Gasteiger partial charge in [-0.25, -0.2) is 4.68 Å². The van der Waals surface area contributed by atoms with Gasteiger partial charge in [0.05, 0.1) is 11.4 Å². The molecule has 0 spiro atoms. The summed E-state index contributed by atoms with van der Waals surface area (Å²) in [6.07, 6.45) is 3.81. The molecule has 5 rings (SSSR count). The largest absolute Gasteiger partial charge is 0.486 e. The zero-order chi connectivity index (χ0) is 21.4. The highest BCUT2D eigenvalue weighted by Gasteiger charge is 2.24. The van der Waals surface area contributed by atoms with Crippen molar-refractivity contribution in [2.24, 2.45) is 0 Å². The Hall–Kier alpha value is -4.00. The summed E-state index contributed by atoms with van der Waals surface area (Å²) in [5.74, 6) is 1.75. The number of amides is 1. The third-order valence-corrected chi connectivity index (χ3v) is 5.19. The fraction of sp³-hybridized carbons (Fsp3) is 0.167. The van der Waals surface area contributed by atoms with Crippen molar-refractivity contribution in [1.82, 2.24) is 14.3 Å². The number of ether oxygens (including phenoxy) is 2. The number of nitrogens with zero attached hydrogens (tertiary/aromatic N) is 3. The van der Waals surface area contributed by atoms with Gasteiger partial charge < -0.3 is 19.4 Å². The second-order valence-electron chi connectivity index (χ2n) is 7.43. The van der Waals surface area contributed by atoms with E-state index in [4.69, 9.17) is 9.47 Å². The van der Waals surface area contributed by atoms with Crippen LogP contribution < -0.4 is 14.8 Å². The van der Waals surface area contributed by atoms with Crippen molar-refractivity contribution in [3.05, 3.63) is 83.8 Å². The van der Waals surface area contributed by atoms with Crippen LogP contribution in [0.1, 0.15) is 21.6 Å². The SMILES string of the molecule is Cc1ccc(-n2nc(C)c(C(=O)Nc3ccc4c(c3)OCCO4)c2-n2cccc2)cc1. The van der Waals surface area contributed by atoms with Gasteiger partial charge in [0.1, 0.15) is 18.8 Å². The van der Waals surface area contributed by atoms with Crippen LogP contribution in [0.15, 0.2) is 67.0 Å². The molecule has 0 aliphatic carbocycles. The van der Waals surface area contributed by atoms with Gasteiger partial charge in [-0.1, -0.05) is 17.7 Å². The molecule has 0 saturated carbocycles. The lowest BCUT2D eigenvalue weighted by molar-refractivity contribution is 0.102. The maximum Gasteiger partial charge on any atom is 0.261 e. The van der Waals surface area contributed by atoms with Crippen molar-refractivity contribution in [3.63, 3.8) is 0 Å². The summed E-state index contributed by atoms with van der Waals surface area (Å²) in [5, 5.41) is 7.67. The number of hydrogen-bond donors (Lipinski definition) is 1. The molecule has 0 radical (unpaired) electrons. The Balaban J connectivity index is 1.55. The van der Waals surface area contributed by atoms with E-state index in [9.17, 15) is 4.79 Å². The number of nitrogens with one attached hydrogen (secondary N) is 1. The van der Waals surface area contributed by atoms with Gasteiger partial charge in [-0.2, -0.15) is 5.10 Å². The first-order valence-electron chi connectivity index (χ1n) is 10.1. The fourth-order valence-electron chi connectivity index (χ4n) is 3.68. The molecule has 0 saturated heterocycles. The summed E-state index contributed by atoms with van der Waals surface area (Å²) in [6.45, 7) is 4.90. The minimum atomic E-state index is -0.240. The maximum atomic E-state index is 13.4. The quantitative estimate of drug-likeness (QED) is 0.540. The lowest BCUT2D eigenvalue weighted by Gasteiger charge is -2.19. The first kappa shape index (κ1) is 19.0. The fourth-order valence-corrected chi connectivity index (χ4v) is 3.68. The third-order valence-electron chi connectivity index (χ3n) is 5.19. The Bertz CT molecular complexity index is 1240. The van der Waals surface area contributed by atoms with E-state index in [-0.39, 0.29) is 5.91 Å². The topological polar surface area (TPSA) is 70.3 Å². The van der Waals surface area contributed by atoms with Gasteiger partial charge in [-0.05, 0) is 50.2 Å². The molecular formula is C24H22N4O3. The summed E-state index contributed by atoms with van der Waals surface area (Å²) < 4.78 is 14.9. The number of aryl methyl sites for hydroxylation is 2. The number of aromatic nitrogens is 3. The van der Waals surface area contributed by atoms with Crippen LogP contribution in [0.25, 0.3) is 11.5 Å². The van der Waals surface area contributed by atoms with E-state index in [2.05, 4.69) is 10.4 Å². The number of hydrogen-bond acceptors (Lipinski definition) is 4. The minimum Gasteiger partial charge on any atom is -0.486 e. The van der Waals surface area contributed by atoms with Crippen LogP contribution in [-0.4, -0.2) is 33.5 Å². The molecule has 7 nitrogen and oxygen atoms in total. The molecule has 0 bridgehead atoms. The molecule has 7 heteroatoms. The van der Waals surface area contributed by atoms with Gasteiger partial charge in [-0.3, -0.25) is 4.79 Å². The highest BCUT2D eigenvalue weighted by atomic mass is 16.6. The maximum absolute atomic E-state index is 13.4. The first-order valence-corrected chi connectivity index (χ1v) is 10.1. The smallest absolute Gasteiger partial charge is 0.261 e. The second kappa shape index (κ2) is 7.68. The molecule has 0 atom stereocenters. The molecule has 2 aromatic carbocycles. The third kappa shape index (κ3) is 3.54. The van der Waals surface area contributed by atoms with Crippen molar-refractivity contribution in [3.8, 4) is 23.0 Å². The zero-order valence-corrected chi connectivity index (χ0v) is 17.3. The molecule has 2 aromatic heterocycles. The average molecular weight is 414 g/mol. The minimum absolute atomic E-state index is 0.240. The summed E-state index contributed by atoms with van der Waals surface area (Å²) in [5.41, 5.74) is 3.82. The van der Waals surface area contributed by atoms with Gasteiger partial charge in [-0.15, -0.1) is 0 Å². The van der Waals surface area contributed by atoms with Crippen molar-refractivity contribution >= 4 is 11.6 Å². The van der Waals surface area contributed by atoms with Gasteiger partial charge in [0.15, 0.2) is 17.3 Å². The summed E-state index contributed by atoms with van der Waals surface area (Å²) >= 11 is 0. The molecule has 1 N–H and O–H groups in total. The number of anilines is 1. The van der Waals surface area contributed by atoms with Crippen LogP contribution in [0.4, 0.5) is 5.69 Å². The molecule has 3 heterocycles. The van der Waals surface area contributed by atoms with E-state index in [0.717, 1.165) is 11.3 Å². The van der Waals surface area contributed by atoms with E-state index in [1.54, 1.807) is 22.9 Å². The molecule has 0 unspecified atom stereocenters. The Labute approximate surface area is 179 Å². The van der Waals surface area contributed by atoms with Crippen LogP contribution in [0, 0.1) is 13.8 Å². The van der Waals surface area contributed by atoms with Crippen LogP contribution >= 0.6 is 0 Å². The lowest BCUT2D eigenvalue weighted by atomic mass is 10.2. The Morgan fingerprint density at radius 2 is 1.68 bits per heavy atom. The molecule has 1 amide bonds. The van der Waals surface area contributed by atoms with E-state index < -0.39 is 0 Å². The molecular weight excluding hydrogens is 392 g/mol. The summed E-state index contributed by atoms with van der Waals surface area (Å²) in [7, 11) is 0. The Kier molecular flexibility index (Phi) is 4.71. The Morgan fingerprint density at radius 3 is 2.42 bits per heavy atom. The predicted molar refractivity (Wildman–Crippen MR) is 118 cm³/mol. The average Bonchev–Trinajstić information content (AvgIpc) is 3.42. The van der Waals surface area contributed by atoms with E-state index >= 15 is 0 Å². The highest BCUT2D eigenvalue weighted by molar-refractivity contribution is 6.07. The zero-order valence-electron chi connectivity index (χ0n) is 17.3. The standard InChI is InChI=1S/C24H22N4O3/c1-16-5-8-19(9-6-16)28-24(27-11-3-4-12-27)22(17(2)26-28)23(29)25-18-7-10-20-21(15-18)31-14-13-30-20/h3-12,15H,13-14H2,1-2H3,(H,25,29). The molecule has 1 aliphatic heterocycles. The first-order chi connectivity index (χ1) is 15.1. The summed E-state index contributed by atoms with van der Waals surface area (Å²) in [4.78, 5) is 13.4. The molecule has 4 aromatic rings. The monoisotopic (exact) mass is 414 g/mol. The number of fused-ring (bicyclic) bond motifs is 1. The number of carbonyl (C=O) groups is 1. The lowest BCUT2D eigenvalue weighted by Crippen LogP contribution is -2.18. The van der Waals surface area contributed by atoms with Crippen molar-refractivity contribution < 1.29 is 14.3 Å². The van der Waals surface area contributed by atoms with E-state index in [1.807, 2.05) is 67.2 Å². The van der Waals surface area contributed by atoms with Crippen LogP contribution in [0.3, 0.4) is 0 Å². The molecule has 156 valence electrons. The molecule has 1 aliphatic rings. The molecule has 31 heavy (non-hydrogen) atoms. The van der Waals surface area contributed by atoms with Crippen LogP contribution in [-0.2, 0) is 0 Å². The number of carbonyl (C=O) groups excluding carboxylic acids is 1. The number of benzene rings is 2. The van der Waals surface area contributed by atoms with Crippen molar-refractivity contribution in [2.45, 2.75) is 13.8 Å². The normalized spacial score (nSPS) is 12.6. The van der Waals surface area contributed by atoms with E-state index in [0.29, 0.717) is 47.5 Å². The Morgan fingerprint density at radius 1 is 0.968 bits per heavy atom. The van der Waals surface area contributed by atoms with Gasteiger partial charge in [0, 0.05) is 24.1 Å². The summed E-state index contributed by atoms with van der Waals surface area (Å²) in [6, 6.07) is 17.3. The second-order valence-corrected chi connectivity index (χ2v) is 7.43.